The summed E-state index contributed by atoms with van der Waals surface area (Å²) in [6.45, 7) is 0. The van der Waals surface area contributed by atoms with Crippen LogP contribution in [-0.2, 0) is 15.8 Å². The molecule has 0 aliphatic carbocycles. The third kappa shape index (κ3) is 4.25. The van der Waals surface area contributed by atoms with E-state index < -0.39 is 21.8 Å². The average Bonchev–Trinajstić information content (AvgIpc) is 2.41. The Morgan fingerprint density at radius 1 is 1.19 bits per heavy atom. The Hall–Kier alpha value is -2.48. The first-order valence-corrected chi connectivity index (χ1v) is 7.45. The molecule has 0 bridgehead atoms. The van der Waals surface area contributed by atoms with Gasteiger partial charge in [-0.1, -0.05) is 12.1 Å². The maximum Gasteiger partial charge on any atom is 0.335 e. The van der Waals surface area contributed by atoms with Crippen molar-refractivity contribution in [3.8, 4) is 0 Å². The van der Waals surface area contributed by atoms with Crippen LogP contribution in [0.1, 0.15) is 15.9 Å². The zero-order valence-corrected chi connectivity index (χ0v) is 11.5. The minimum absolute atomic E-state index is 0.0126. The van der Waals surface area contributed by atoms with Gasteiger partial charge in [0.25, 0.3) is 0 Å². The first-order chi connectivity index (χ1) is 9.85. The highest BCUT2D eigenvalue weighted by atomic mass is 32.2. The standard InChI is InChI=1S/C13H11FN2O4S/c14-11-5-6-12(15-7-11)16-21(19,20)8-9-1-3-10(4-2-9)13(17)18/h1-7H,8H2,(H,15,16)(H,17,18). The van der Waals surface area contributed by atoms with Crippen molar-refractivity contribution in [2.45, 2.75) is 5.75 Å². The minimum atomic E-state index is -3.72. The zero-order valence-electron chi connectivity index (χ0n) is 10.7. The molecule has 0 spiro atoms. The number of halogens is 1. The number of carboxylic acid groups (broad SMARTS) is 1. The summed E-state index contributed by atoms with van der Waals surface area (Å²) in [6.07, 6.45) is 0.902. The fourth-order valence-corrected chi connectivity index (χ4v) is 2.74. The molecule has 21 heavy (non-hydrogen) atoms. The van der Waals surface area contributed by atoms with Gasteiger partial charge in [-0.3, -0.25) is 4.72 Å². The normalized spacial score (nSPS) is 11.1. The Morgan fingerprint density at radius 2 is 1.86 bits per heavy atom. The van der Waals surface area contributed by atoms with Gasteiger partial charge >= 0.3 is 5.97 Å². The second-order valence-corrected chi connectivity index (χ2v) is 5.95. The second-order valence-electron chi connectivity index (χ2n) is 4.22. The van der Waals surface area contributed by atoms with Gasteiger partial charge in [0.2, 0.25) is 10.0 Å². The van der Waals surface area contributed by atoms with E-state index in [1.807, 2.05) is 0 Å². The molecule has 0 atom stereocenters. The molecule has 2 N–H and O–H groups in total. The summed E-state index contributed by atoms with van der Waals surface area (Å²) < 4.78 is 38.7. The minimum Gasteiger partial charge on any atom is -0.478 e. The first-order valence-electron chi connectivity index (χ1n) is 5.80. The molecule has 2 rings (SSSR count). The number of benzene rings is 1. The Kier molecular flexibility index (Phi) is 4.18. The molecule has 110 valence electrons. The van der Waals surface area contributed by atoms with Gasteiger partial charge in [-0.05, 0) is 29.8 Å². The number of carboxylic acids is 1. The number of aromatic carboxylic acids is 1. The molecule has 0 aliphatic rings. The molecule has 0 radical (unpaired) electrons. The van der Waals surface area contributed by atoms with E-state index in [-0.39, 0.29) is 17.1 Å². The molecule has 0 fully saturated rings. The molecule has 0 unspecified atom stereocenters. The smallest absolute Gasteiger partial charge is 0.335 e. The molecule has 1 heterocycles. The van der Waals surface area contributed by atoms with Crippen molar-refractivity contribution in [3.63, 3.8) is 0 Å². The van der Waals surface area contributed by atoms with Crippen LogP contribution in [0.3, 0.4) is 0 Å². The summed E-state index contributed by atoms with van der Waals surface area (Å²) in [6, 6.07) is 7.78. The number of hydrogen-bond acceptors (Lipinski definition) is 4. The highest BCUT2D eigenvalue weighted by Gasteiger charge is 2.13. The summed E-state index contributed by atoms with van der Waals surface area (Å²) >= 11 is 0. The molecule has 2 aromatic rings. The van der Waals surface area contributed by atoms with Gasteiger partial charge in [0.15, 0.2) is 0 Å². The lowest BCUT2D eigenvalue weighted by atomic mass is 10.1. The van der Waals surface area contributed by atoms with E-state index in [1.165, 1.54) is 30.3 Å². The fraction of sp³-hybridized carbons (Fsp3) is 0.0769. The van der Waals surface area contributed by atoms with Gasteiger partial charge in [0, 0.05) is 0 Å². The summed E-state index contributed by atoms with van der Waals surface area (Å²) in [5, 5.41) is 8.76. The van der Waals surface area contributed by atoms with E-state index >= 15 is 0 Å². The molecule has 6 nitrogen and oxygen atoms in total. The summed E-state index contributed by atoms with van der Waals surface area (Å²) in [7, 11) is -3.72. The van der Waals surface area contributed by atoms with E-state index in [2.05, 4.69) is 9.71 Å². The molecule has 0 aliphatic heterocycles. The number of nitrogens with one attached hydrogen (secondary N) is 1. The van der Waals surface area contributed by atoms with Crippen LogP contribution in [0.15, 0.2) is 42.6 Å². The van der Waals surface area contributed by atoms with E-state index in [1.54, 1.807) is 0 Å². The number of hydrogen-bond donors (Lipinski definition) is 2. The lowest BCUT2D eigenvalue weighted by Crippen LogP contribution is -2.16. The van der Waals surface area contributed by atoms with Crippen molar-refractivity contribution < 1.29 is 22.7 Å². The molecule has 0 amide bonds. The van der Waals surface area contributed by atoms with E-state index in [4.69, 9.17) is 5.11 Å². The molecule has 1 aromatic heterocycles. The van der Waals surface area contributed by atoms with Gasteiger partial charge in [0.05, 0.1) is 17.5 Å². The zero-order chi connectivity index (χ0) is 15.5. The Bertz CT molecular complexity index is 743. The van der Waals surface area contributed by atoms with Crippen molar-refractivity contribution in [3.05, 3.63) is 59.5 Å². The average molecular weight is 310 g/mol. The Balaban J connectivity index is 2.10. The Labute approximate surface area is 120 Å². The van der Waals surface area contributed by atoms with Crippen LogP contribution in [0, 0.1) is 5.82 Å². The SMILES string of the molecule is O=C(O)c1ccc(CS(=O)(=O)Nc2ccc(F)cn2)cc1. The van der Waals surface area contributed by atoms with Gasteiger partial charge in [-0.15, -0.1) is 0 Å². The first kappa shape index (κ1) is 14.9. The molecule has 8 heteroatoms. The predicted octanol–water partition coefficient (Wildman–Crippen LogP) is 1.86. The third-order valence-electron chi connectivity index (χ3n) is 2.55. The van der Waals surface area contributed by atoms with Gasteiger partial charge in [-0.25, -0.2) is 22.6 Å². The van der Waals surface area contributed by atoms with Crippen LogP contribution in [-0.4, -0.2) is 24.5 Å². The monoisotopic (exact) mass is 310 g/mol. The Morgan fingerprint density at radius 3 is 2.38 bits per heavy atom. The van der Waals surface area contributed by atoms with Crippen molar-refractivity contribution in [1.29, 1.82) is 0 Å². The summed E-state index contributed by atoms with van der Waals surface area (Å²) in [5.41, 5.74) is 0.499. The van der Waals surface area contributed by atoms with Crippen molar-refractivity contribution in [2.24, 2.45) is 0 Å². The maximum absolute atomic E-state index is 12.7. The van der Waals surface area contributed by atoms with E-state index in [0.717, 1.165) is 12.3 Å². The number of rotatable bonds is 5. The predicted molar refractivity (Wildman–Crippen MR) is 73.8 cm³/mol. The summed E-state index contributed by atoms with van der Waals surface area (Å²) in [5.74, 6) is -1.98. The van der Waals surface area contributed by atoms with Crippen LogP contribution in [0.5, 0.6) is 0 Å². The quantitative estimate of drug-likeness (QED) is 0.878. The van der Waals surface area contributed by atoms with Crippen molar-refractivity contribution >= 4 is 21.8 Å². The number of nitrogens with zero attached hydrogens (tertiary/aromatic N) is 1. The highest BCUT2D eigenvalue weighted by molar-refractivity contribution is 7.91. The van der Waals surface area contributed by atoms with Crippen LogP contribution in [0.25, 0.3) is 0 Å². The number of aromatic nitrogens is 1. The number of carbonyl (C=O) groups is 1. The van der Waals surface area contributed by atoms with E-state index in [0.29, 0.717) is 5.56 Å². The van der Waals surface area contributed by atoms with Gasteiger partial charge in [0.1, 0.15) is 11.6 Å². The molecular formula is C13H11FN2O4S. The van der Waals surface area contributed by atoms with Gasteiger partial charge < -0.3 is 5.11 Å². The molecule has 0 saturated heterocycles. The largest absolute Gasteiger partial charge is 0.478 e. The van der Waals surface area contributed by atoms with Crippen molar-refractivity contribution in [2.75, 3.05) is 4.72 Å². The number of anilines is 1. The van der Waals surface area contributed by atoms with Crippen molar-refractivity contribution in [1.82, 2.24) is 4.98 Å². The van der Waals surface area contributed by atoms with E-state index in [9.17, 15) is 17.6 Å². The fourth-order valence-electron chi connectivity index (χ4n) is 1.59. The lowest BCUT2D eigenvalue weighted by Gasteiger charge is -2.07. The summed E-state index contributed by atoms with van der Waals surface area (Å²) in [4.78, 5) is 14.3. The molecular weight excluding hydrogens is 299 g/mol. The van der Waals surface area contributed by atoms with Crippen LogP contribution in [0.2, 0.25) is 0 Å². The highest BCUT2D eigenvalue weighted by Crippen LogP contribution is 2.12. The van der Waals surface area contributed by atoms with Gasteiger partial charge in [-0.2, -0.15) is 0 Å². The van der Waals surface area contributed by atoms with Crippen LogP contribution < -0.4 is 4.72 Å². The third-order valence-corrected chi connectivity index (χ3v) is 3.78. The van der Waals surface area contributed by atoms with Crippen LogP contribution in [0.4, 0.5) is 10.2 Å². The number of sulfonamides is 1. The molecule has 1 aromatic carbocycles. The second kappa shape index (κ2) is 5.88. The topological polar surface area (TPSA) is 96.4 Å². The van der Waals surface area contributed by atoms with Crippen LogP contribution >= 0.6 is 0 Å². The molecule has 0 saturated carbocycles. The number of pyridine rings is 1. The maximum atomic E-state index is 12.7. The lowest BCUT2D eigenvalue weighted by molar-refractivity contribution is 0.0697.